The molecule has 2 fully saturated rings. The SMILES string of the molecule is O=C1OCCN1C(=O)[C@H]1[C@@H]2CCCC[C@H]2C=C[C@H]1c1ccccc1. The maximum Gasteiger partial charge on any atom is 0.416 e. The summed E-state index contributed by atoms with van der Waals surface area (Å²) in [5, 5.41) is 0. The topological polar surface area (TPSA) is 46.6 Å². The minimum Gasteiger partial charge on any atom is -0.447 e. The highest BCUT2D eigenvalue weighted by Gasteiger charge is 2.45. The Balaban J connectivity index is 1.70. The molecular weight excluding hydrogens is 302 g/mol. The number of nitrogens with zero attached hydrogens (tertiary/aromatic N) is 1. The van der Waals surface area contributed by atoms with Gasteiger partial charge in [0.2, 0.25) is 5.91 Å². The Kier molecular flexibility index (Phi) is 4.13. The van der Waals surface area contributed by atoms with Crippen molar-refractivity contribution in [3.05, 3.63) is 48.0 Å². The number of imide groups is 1. The summed E-state index contributed by atoms with van der Waals surface area (Å²) in [7, 11) is 0. The molecule has 4 atom stereocenters. The fourth-order valence-corrected chi connectivity index (χ4v) is 4.63. The lowest BCUT2D eigenvalue weighted by atomic mass is 9.63. The van der Waals surface area contributed by atoms with Crippen LogP contribution in [0.1, 0.15) is 37.2 Å². The van der Waals surface area contributed by atoms with Crippen molar-refractivity contribution in [2.45, 2.75) is 31.6 Å². The third-order valence-electron chi connectivity index (χ3n) is 5.79. The molecule has 1 saturated carbocycles. The van der Waals surface area contributed by atoms with Gasteiger partial charge in [-0.05, 0) is 30.2 Å². The Morgan fingerprint density at radius 1 is 1.08 bits per heavy atom. The molecule has 126 valence electrons. The van der Waals surface area contributed by atoms with E-state index in [2.05, 4.69) is 24.3 Å². The summed E-state index contributed by atoms with van der Waals surface area (Å²) in [5.74, 6) is 0.633. The number of ether oxygens (including phenoxy) is 1. The Labute approximate surface area is 142 Å². The number of amides is 2. The summed E-state index contributed by atoms with van der Waals surface area (Å²) in [6.45, 7) is 0.702. The van der Waals surface area contributed by atoms with E-state index in [1.165, 1.54) is 17.7 Å². The average Bonchev–Trinajstić information content (AvgIpc) is 3.07. The molecule has 1 aromatic carbocycles. The van der Waals surface area contributed by atoms with Crippen LogP contribution >= 0.6 is 0 Å². The number of fused-ring (bicyclic) bond motifs is 1. The van der Waals surface area contributed by atoms with Crippen LogP contribution in [-0.2, 0) is 9.53 Å². The van der Waals surface area contributed by atoms with Crippen LogP contribution in [0.3, 0.4) is 0 Å². The van der Waals surface area contributed by atoms with Crippen molar-refractivity contribution >= 4 is 12.0 Å². The zero-order valence-electron chi connectivity index (χ0n) is 13.8. The molecule has 4 heteroatoms. The lowest BCUT2D eigenvalue weighted by molar-refractivity contribution is -0.135. The van der Waals surface area contributed by atoms with Crippen molar-refractivity contribution in [1.82, 2.24) is 4.90 Å². The van der Waals surface area contributed by atoms with E-state index in [4.69, 9.17) is 4.74 Å². The van der Waals surface area contributed by atoms with Crippen LogP contribution in [0.4, 0.5) is 4.79 Å². The number of allylic oxidation sites excluding steroid dienone is 2. The summed E-state index contributed by atoms with van der Waals surface area (Å²) in [6, 6.07) is 10.2. The predicted octanol–water partition coefficient (Wildman–Crippen LogP) is 3.74. The Morgan fingerprint density at radius 3 is 2.62 bits per heavy atom. The molecule has 0 aromatic heterocycles. The van der Waals surface area contributed by atoms with E-state index in [0.29, 0.717) is 25.0 Å². The normalized spacial score (nSPS) is 32.3. The van der Waals surface area contributed by atoms with E-state index >= 15 is 0 Å². The van der Waals surface area contributed by atoms with Crippen LogP contribution in [-0.4, -0.2) is 30.1 Å². The van der Waals surface area contributed by atoms with Gasteiger partial charge in [0, 0.05) is 5.92 Å². The summed E-state index contributed by atoms with van der Waals surface area (Å²) in [5.41, 5.74) is 1.16. The van der Waals surface area contributed by atoms with Crippen molar-refractivity contribution in [3.8, 4) is 0 Å². The molecule has 0 radical (unpaired) electrons. The summed E-state index contributed by atoms with van der Waals surface area (Å²) < 4.78 is 5.00. The first-order valence-electron chi connectivity index (χ1n) is 8.97. The molecule has 1 saturated heterocycles. The molecule has 2 amide bonds. The van der Waals surface area contributed by atoms with Gasteiger partial charge in [-0.3, -0.25) is 4.79 Å². The number of carbonyl (C=O) groups is 2. The number of rotatable bonds is 2. The Bertz CT molecular complexity index is 654. The molecule has 1 aromatic rings. The van der Waals surface area contributed by atoms with Gasteiger partial charge in [-0.25, -0.2) is 9.69 Å². The number of cyclic esters (lactones) is 1. The average molecular weight is 325 g/mol. The van der Waals surface area contributed by atoms with E-state index in [9.17, 15) is 9.59 Å². The fourth-order valence-electron chi connectivity index (χ4n) is 4.63. The largest absolute Gasteiger partial charge is 0.447 e. The first-order valence-corrected chi connectivity index (χ1v) is 8.97. The van der Waals surface area contributed by atoms with E-state index in [1.807, 2.05) is 18.2 Å². The van der Waals surface area contributed by atoms with E-state index in [0.717, 1.165) is 18.4 Å². The van der Waals surface area contributed by atoms with Gasteiger partial charge in [0.1, 0.15) is 6.61 Å². The van der Waals surface area contributed by atoms with Crippen molar-refractivity contribution < 1.29 is 14.3 Å². The summed E-state index contributed by atoms with van der Waals surface area (Å²) in [6.07, 6.45) is 8.65. The van der Waals surface area contributed by atoms with Gasteiger partial charge in [0.05, 0.1) is 12.5 Å². The van der Waals surface area contributed by atoms with Crippen LogP contribution in [0.5, 0.6) is 0 Å². The highest BCUT2D eigenvalue weighted by molar-refractivity contribution is 5.95. The van der Waals surface area contributed by atoms with Gasteiger partial charge in [0.25, 0.3) is 0 Å². The highest BCUT2D eigenvalue weighted by atomic mass is 16.6. The standard InChI is InChI=1S/C20H23NO3/c22-19(21-12-13-24-20(21)23)18-16-9-5-4-8-15(16)10-11-17(18)14-6-2-1-3-7-14/h1-3,6-7,10-11,15-18H,4-5,8-9,12-13H2/t15-,16+,17-,18-/m0/s1. The molecule has 4 rings (SSSR count). The number of hydrogen-bond acceptors (Lipinski definition) is 3. The van der Waals surface area contributed by atoms with E-state index < -0.39 is 6.09 Å². The minimum absolute atomic E-state index is 0.0476. The lowest BCUT2D eigenvalue weighted by Gasteiger charge is -2.42. The molecule has 3 aliphatic rings. The maximum atomic E-state index is 13.2. The van der Waals surface area contributed by atoms with Crippen molar-refractivity contribution in [2.24, 2.45) is 17.8 Å². The number of hydrogen-bond donors (Lipinski definition) is 0. The first-order chi connectivity index (χ1) is 11.8. The molecule has 1 aliphatic heterocycles. The van der Waals surface area contributed by atoms with Gasteiger partial charge in [0.15, 0.2) is 0 Å². The molecule has 0 bridgehead atoms. The maximum absolute atomic E-state index is 13.2. The van der Waals surface area contributed by atoms with Gasteiger partial charge >= 0.3 is 6.09 Å². The molecule has 2 aliphatic carbocycles. The lowest BCUT2D eigenvalue weighted by Crippen LogP contribution is -2.45. The highest BCUT2D eigenvalue weighted by Crippen LogP contribution is 2.47. The quantitative estimate of drug-likeness (QED) is 0.778. The second-order valence-electron chi connectivity index (χ2n) is 7.06. The van der Waals surface area contributed by atoms with Gasteiger partial charge in [-0.15, -0.1) is 0 Å². The van der Waals surface area contributed by atoms with Gasteiger partial charge in [-0.1, -0.05) is 55.3 Å². The van der Waals surface area contributed by atoms with Crippen LogP contribution in [0.15, 0.2) is 42.5 Å². The van der Waals surface area contributed by atoms with Crippen molar-refractivity contribution in [1.29, 1.82) is 0 Å². The third kappa shape index (κ3) is 2.64. The van der Waals surface area contributed by atoms with Crippen molar-refractivity contribution in [3.63, 3.8) is 0 Å². The third-order valence-corrected chi connectivity index (χ3v) is 5.79. The fraction of sp³-hybridized carbons (Fsp3) is 0.500. The van der Waals surface area contributed by atoms with Crippen LogP contribution in [0.2, 0.25) is 0 Å². The number of carbonyl (C=O) groups excluding carboxylic acids is 2. The monoisotopic (exact) mass is 325 g/mol. The zero-order chi connectivity index (χ0) is 16.5. The molecule has 4 nitrogen and oxygen atoms in total. The van der Waals surface area contributed by atoms with E-state index in [-0.39, 0.29) is 17.7 Å². The molecule has 0 unspecified atom stereocenters. The molecule has 0 N–H and O–H groups in total. The second-order valence-corrected chi connectivity index (χ2v) is 7.06. The zero-order valence-corrected chi connectivity index (χ0v) is 13.8. The Morgan fingerprint density at radius 2 is 1.88 bits per heavy atom. The molecule has 1 heterocycles. The minimum atomic E-state index is -0.478. The number of benzene rings is 1. The van der Waals surface area contributed by atoms with Gasteiger partial charge in [-0.2, -0.15) is 0 Å². The Hall–Kier alpha value is -2.10. The smallest absolute Gasteiger partial charge is 0.416 e. The summed E-state index contributed by atoms with van der Waals surface area (Å²) in [4.78, 5) is 26.5. The van der Waals surface area contributed by atoms with Gasteiger partial charge < -0.3 is 4.74 Å². The second kappa shape index (κ2) is 6.42. The van der Waals surface area contributed by atoms with Crippen LogP contribution in [0, 0.1) is 17.8 Å². The first kappa shape index (κ1) is 15.4. The van der Waals surface area contributed by atoms with Crippen LogP contribution in [0.25, 0.3) is 0 Å². The van der Waals surface area contributed by atoms with E-state index in [1.54, 1.807) is 0 Å². The molecule has 24 heavy (non-hydrogen) atoms. The van der Waals surface area contributed by atoms with Crippen molar-refractivity contribution in [2.75, 3.05) is 13.2 Å². The summed E-state index contributed by atoms with van der Waals surface area (Å²) >= 11 is 0. The molecular formula is C20H23NO3. The molecule has 0 spiro atoms. The predicted molar refractivity (Wildman–Crippen MR) is 90.3 cm³/mol. The van der Waals surface area contributed by atoms with Crippen LogP contribution < -0.4 is 0 Å².